The first-order chi connectivity index (χ1) is 11.3. The van der Waals surface area contributed by atoms with Crippen molar-refractivity contribution < 1.29 is 9.42 Å². The second-order valence-corrected chi connectivity index (χ2v) is 6.74. The predicted molar refractivity (Wildman–Crippen MR) is 89.2 cm³/mol. The van der Waals surface area contributed by atoms with Crippen molar-refractivity contribution in [2.45, 2.75) is 10.4 Å². The van der Waals surface area contributed by atoms with E-state index in [0.717, 1.165) is 21.2 Å². The molecular weight excluding hydrogens is 306 g/mol. The van der Waals surface area contributed by atoms with Gasteiger partial charge in [0.15, 0.2) is 11.0 Å². The maximum atomic E-state index is 12.7. The molecule has 1 atom stereocenters. The van der Waals surface area contributed by atoms with Crippen LogP contribution >= 0.6 is 0 Å². The Balaban J connectivity index is 2.12. The van der Waals surface area contributed by atoms with Crippen LogP contribution in [0.5, 0.6) is 0 Å². The van der Waals surface area contributed by atoms with Crippen molar-refractivity contribution in [1.82, 2.24) is 4.47 Å². The third-order valence-electron chi connectivity index (χ3n) is 4.29. The highest BCUT2D eigenvalue weighted by Crippen LogP contribution is 2.49. The highest BCUT2D eigenvalue weighted by atomic mass is 32.2. The summed E-state index contributed by atoms with van der Waals surface area (Å²) >= 11 is 0. The summed E-state index contributed by atoms with van der Waals surface area (Å²) in [6, 6.07) is 26.9. The summed E-state index contributed by atoms with van der Waals surface area (Å²) in [5.41, 5.74) is 1.64. The van der Waals surface area contributed by atoms with E-state index in [9.17, 15) is 9.42 Å². The fourth-order valence-corrected chi connectivity index (χ4v) is 4.64. The lowest BCUT2D eigenvalue weighted by Crippen LogP contribution is -2.42. The number of fused-ring (bicyclic) bond motifs is 1. The summed E-state index contributed by atoms with van der Waals surface area (Å²) in [5.74, 6) is 0. The summed E-state index contributed by atoms with van der Waals surface area (Å²) in [4.78, 5) is 0.641. The van der Waals surface area contributed by atoms with E-state index in [-0.39, 0.29) is 0 Å². The summed E-state index contributed by atoms with van der Waals surface area (Å²) in [5, 5.41) is 10.9. The average Bonchev–Trinajstić information content (AvgIpc) is 2.86. The molecule has 0 aromatic heterocycles. The molecule has 3 aromatic carbocycles. The molecule has 23 heavy (non-hydrogen) atoms. The van der Waals surface area contributed by atoms with Gasteiger partial charge in [-0.1, -0.05) is 83.3 Å². The molecular formula is C19H15NO2S. The lowest BCUT2D eigenvalue weighted by Gasteiger charge is -2.35. The lowest BCUT2D eigenvalue weighted by atomic mass is 9.78. The second-order valence-electron chi connectivity index (χ2n) is 5.46. The van der Waals surface area contributed by atoms with E-state index in [0.29, 0.717) is 4.90 Å². The molecule has 0 spiro atoms. The van der Waals surface area contributed by atoms with Crippen molar-refractivity contribution in [2.24, 2.45) is 0 Å². The molecule has 1 aliphatic heterocycles. The van der Waals surface area contributed by atoms with Crippen LogP contribution in [0.3, 0.4) is 0 Å². The number of nitrogens with zero attached hydrogens (tertiary/aromatic N) is 1. The van der Waals surface area contributed by atoms with Gasteiger partial charge < -0.3 is 0 Å². The fraction of sp³-hybridized carbons (Fsp3) is 0.0526. The number of hydroxylamine groups is 1. The SMILES string of the molecule is O=S1c2ccccc2C(c2ccccc2)(c2ccccc2)N1O. The van der Waals surface area contributed by atoms with Crippen LogP contribution in [-0.4, -0.2) is 13.9 Å². The van der Waals surface area contributed by atoms with Crippen molar-refractivity contribution in [3.05, 3.63) is 102 Å². The number of hydrogen-bond acceptors (Lipinski definition) is 2. The van der Waals surface area contributed by atoms with Crippen molar-refractivity contribution in [2.75, 3.05) is 0 Å². The predicted octanol–water partition coefficient (Wildman–Crippen LogP) is 3.71. The van der Waals surface area contributed by atoms with Gasteiger partial charge in [-0.25, -0.2) is 4.21 Å². The maximum Gasteiger partial charge on any atom is 0.153 e. The molecule has 1 N–H and O–H groups in total. The van der Waals surface area contributed by atoms with Crippen LogP contribution in [-0.2, 0) is 16.5 Å². The Hall–Kier alpha value is -2.27. The molecule has 0 bridgehead atoms. The molecule has 0 amide bonds. The second kappa shape index (κ2) is 5.42. The molecule has 0 aliphatic carbocycles. The Labute approximate surface area is 137 Å². The standard InChI is InChI=1S/C19H15NO2S/c21-20-19(15-9-3-1-4-10-15,16-11-5-2-6-12-16)17-13-7-8-14-18(17)23(20)22/h1-14,21H. The first kappa shape index (κ1) is 14.3. The molecule has 4 heteroatoms. The molecule has 3 nitrogen and oxygen atoms in total. The highest BCUT2D eigenvalue weighted by molar-refractivity contribution is 7.82. The van der Waals surface area contributed by atoms with Gasteiger partial charge in [-0.2, -0.15) is 0 Å². The molecule has 0 radical (unpaired) electrons. The molecule has 1 unspecified atom stereocenters. The third kappa shape index (κ3) is 1.93. The first-order valence-corrected chi connectivity index (χ1v) is 8.48. The van der Waals surface area contributed by atoms with Crippen LogP contribution in [0.4, 0.5) is 0 Å². The molecule has 0 fully saturated rings. The van der Waals surface area contributed by atoms with Crippen molar-refractivity contribution >= 4 is 11.0 Å². The first-order valence-electron chi connectivity index (χ1n) is 7.38. The molecule has 0 saturated carbocycles. The monoisotopic (exact) mass is 321 g/mol. The smallest absolute Gasteiger partial charge is 0.153 e. The van der Waals surface area contributed by atoms with Gasteiger partial charge >= 0.3 is 0 Å². The number of hydrogen-bond donors (Lipinski definition) is 1. The third-order valence-corrected chi connectivity index (χ3v) is 5.61. The molecule has 114 valence electrons. The van der Waals surface area contributed by atoms with Gasteiger partial charge in [-0.15, -0.1) is 0 Å². The quantitative estimate of drug-likeness (QED) is 0.782. The lowest BCUT2D eigenvalue weighted by molar-refractivity contribution is -0.0471. The Morgan fingerprint density at radius 2 is 1.22 bits per heavy atom. The Morgan fingerprint density at radius 1 is 0.739 bits per heavy atom. The summed E-state index contributed by atoms with van der Waals surface area (Å²) in [7, 11) is -1.62. The van der Waals surface area contributed by atoms with Crippen LogP contribution in [0, 0.1) is 0 Å². The van der Waals surface area contributed by atoms with Gasteiger partial charge in [0.05, 0.1) is 4.90 Å². The molecule has 1 heterocycles. The van der Waals surface area contributed by atoms with Gasteiger partial charge in [0.2, 0.25) is 0 Å². The van der Waals surface area contributed by atoms with Gasteiger partial charge in [0, 0.05) is 5.56 Å². The summed E-state index contributed by atoms with van der Waals surface area (Å²) in [6.45, 7) is 0. The van der Waals surface area contributed by atoms with Crippen LogP contribution < -0.4 is 0 Å². The summed E-state index contributed by atoms with van der Waals surface area (Å²) < 4.78 is 13.7. The van der Waals surface area contributed by atoms with Gasteiger partial charge in [0.1, 0.15) is 5.54 Å². The van der Waals surface area contributed by atoms with E-state index in [1.165, 1.54) is 0 Å². The van der Waals surface area contributed by atoms with E-state index in [1.807, 2.05) is 84.9 Å². The Morgan fingerprint density at radius 3 is 1.78 bits per heavy atom. The van der Waals surface area contributed by atoms with Crippen LogP contribution in [0.1, 0.15) is 16.7 Å². The zero-order valence-corrected chi connectivity index (χ0v) is 13.1. The van der Waals surface area contributed by atoms with E-state index in [1.54, 1.807) is 0 Å². The molecule has 4 rings (SSSR count). The minimum atomic E-state index is -1.62. The van der Waals surface area contributed by atoms with Gasteiger partial charge in [-0.05, 0) is 17.2 Å². The van der Waals surface area contributed by atoms with Gasteiger partial charge in [0.25, 0.3) is 0 Å². The average molecular weight is 321 g/mol. The summed E-state index contributed by atoms with van der Waals surface area (Å²) in [6.07, 6.45) is 0. The van der Waals surface area contributed by atoms with Crippen molar-refractivity contribution in [3.8, 4) is 0 Å². The Kier molecular flexibility index (Phi) is 3.38. The minimum Gasteiger partial charge on any atom is -0.299 e. The maximum absolute atomic E-state index is 12.7. The molecule has 0 saturated heterocycles. The van der Waals surface area contributed by atoms with Crippen LogP contribution in [0.25, 0.3) is 0 Å². The zero-order valence-electron chi connectivity index (χ0n) is 12.3. The highest BCUT2D eigenvalue weighted by Gasteiger charge is 2.52. The van der Waals surface area contributed by atoms with Crippen LogP contribution in [0.2, 0.25) is 0 Å². The molecule has 1 aliphatic rings. The molecule has 3 aromatic rings. The number of rotatable bonds is 2. The van der Waals surface area contributed by atoms with E-state index in [2.05, 4.69) is 0 Å². The van der Waals surface area contributed by atoms with Crippen molar-refractivity contribution in [3.63, 3.8) is 0 Å². The van der Waals surface area contributed by atoms with Crippen molar-refractivity contribution in [1.29, 1.82) is 0 Å². The topological polar surface area (TPSA) is 40.5 Å². The van der Waals surface area contributed by atoms with Gasteiger partial charge in [-0.3, -0.25) is 5.21 Å². The minimum absolute atomic E-state index is 0.641. The van der Waals surface area contributed by atoms with E-state index in [4.69, 9.17) is 0 Å². The van der Waals surface area contributed by atoms with E-state index >= 15 is 0 Å². The fourth-order valence-electron chi connectivity index (χ4n) is 3.30. The normalized spacial score (nSPS) is 19.4. The van der Waals surface area contributed by atoms with E-state index < -0.39 is 16.5 Å². The largest absolute Gasteiger partial charge is 0.299 e. The zero-order chi connectivity index (χ0) is 15.9. The van der Waals surface area contributed by atoms with Crippen LogP contribution in [0.15, 0.2) is 89.8 Å². The number of benzene rings is 3. The Bertz CT molecular complexity index is 825.